The Hall–Kier alpha value is -0.610. The number of rotatable bonds is 3. The van der Waals surface area contributed by atoms with Crippen molar-refractivity contribution < 1.29 is 4.79 Å². The van der Waals surface area contributed by atoms with Gasteiger partial charge in [-0.05, 0) is 26.7 Å². The zero-order valence-corrected chi connectivity index (χ0v) is 9.12. The van der Waals surface area contributed by atoms with E-state index in [-0.39, 0.29) is 5.91 Å². The average Bonchev–Trinajstić information content (AvgIpc) is 2.16. The second-order valence-corrected chi connectivity index (χ2v) is 4.18. The van der Waals surface area contributed by atoms with Gasteiger partial charge in [-0.15, -0.1) is 0 Å². The molecule has 0 aliphatic carbocycles. The normalized spacial score (nSPS) is 28.8. The first-order chi connectivity index (χ1) is 6.65. The first-order valence-corrected chi connectivity index (χ1v) is 5.40. The Balaban J connectivity index is 2.36. The maximum absolute atomic E-state index is 11.0. The topological polar surface area (TPSA) is 58.4 Å². The van der Waals surface area contributed by atoms with Crippen LogP contribution in [0.25, 0.3) is 0 Å². The molecule has 82 valence electrons. The third-order valence-electron chi connectivity index (χ3n) is 3.13. The van der Waals surface area contributed by atoms with E-state index in [4.69, 9.17) is 5.84 Å². The van der Waals surface area contributed by atoms with Crippen molar-refractivity contribution >= 4 is 5.91 Å². The average molecular weight is 199 g/mol. The van der Waals surface area contributed by atoms with Crippen LogP contribution < -0.4 is 11.3 Å². The number of nitrogens with two attached hydrogens (primary N) is 1. The van der Waals surface area contributed by atoms with Crippen molar-refractivity contribution in [1.29, 1.82) is 0 Å². The van der Waals surface area contributed by atoms with Gasteiger partial charge in [0, 0.05) is 25.0 Å². The number of hydrogen-bond acceptors (Lipinski definition) is 3. The standard InChI is InChI=1S/C10H21N3O/c1-8-4-3-5-9(2)13(8)7-6-10(14)12-11/h8-9H,3-7,11H2,1-2H3,(H,12,14)/t8-,9+. The number of nitrogens with zero attached hydrogens (tertiary/aromatic N) is 1. The van der Waals surface area contributed by atoms with Gasteiger partial charge in [0.15, 0.2) is 0 Å². The van der Waals surface area contributed by atoms with E-state index in [1.165, 1.54) is 19.3 Å². The van der Waals surface area contributed by atoms with Gasteiger partial charge in [-0.3, -0.25) is 15.1 Å². The molecule has 0 saturated carbocycles. The summed E-state index contributed by atoms with van der Waals surface area (Å²) in [6.07, 6.45) is 4.30. The van der Waals surface area contributed by atoms with E-state index in [9.17, 15) is 4.79 Å². The molecule has 1 amide bonds. The fourth-order valence-corrected chi connectivity index (χ4v) is 2.22. The molecule has 0 spiro atoms. The van der Waals surface area contributed by atoms with Gasteiger partial charge in [0.25, 0.3) is 0 Å². The van der Waals surface area contributed by atoms with Crippen molar-refractivity contribution in [3.05, 3.63) is 0 Å². The lowest BCUT2D eigenvalue weighted by atomic mass is 9.97. The molecule has 1 rings (SSSR count). The van der Waals surface area contributed by atoms with Crippen molar-refractivity contribution in [2.24, 2.45) is 5.84 Å². The summed E-state index contributed by atoms with van der Waals surface area (Å²) in [5.74, 6) is 4.96. The molecule has 0 unspecified atom stereocenters. The van der Waals surface area contributed by atoms with Gasteiger partial charge >= 0.3 is 0 Å². The predicted molar refractivity (Wildman–Crippen MR) is 56.4 cm³/mol. The number of hydrazine groups is 1. The van der Waals surface area contributed by atoms with Crippen molar-refractivity contribution in [3.8, 4) is 0 Å². The fraction of sp³-hybridized carbons (Fsp3) is 0.900. The van der Waals surface area contributed by atoms with E-state index in [2.05, 4.69) is 24.2 Å². The zero-order chi connectivity index (χ0) is 10.6. The SMILES string of the molecule is C[C@@H]1CCC[C@H](C)N1CCC(=O)NN. The Labute approximate surface area is 85.8 Å². The molecule has 0 radical (unpaired) electrons. The third-order valence-corrected chi connectivity index (χ3v) is 3.13. The van der Waals surface area contributed by atoms with Crippen molar-refractivity contribution in [3.63, 3.8) is 0 Å². The van der Waals surface area contributed by atoms with Crippen LogP contribution in [0.1, 0.15) is 39.5 Å². The molecule has 4 heteroatoms. The minimum Gasteiger partial charge on any atom is -0.297 e. The molecule has 4 nitrogen and oxygen atoms in total. The van der Waals surface area contributed by atoms with Crippen LogP contribution in [0.5, 0.6) is 0 Å². The monoisotopic (exact) mass is 199 g/mol. The van der Waals surface area contributed by atoms with Gasteiger partial charge < -0.3 is 0 Å². The Kier molecular flexibility index (Phi) is 4.35. The molecule has 2 atom stereocenters. The minimum absolute atomic E-state index is 0.0741. The summed E-state index contributed by atoms with van der Waals surface area (Å²) in [4.78, 5) is 13.4. The van der Waals surface area contributed by atoms with Gasteiger partial charge in [-0.1, -0.05) is 6.42 Å². The lowest BCUT2D eigenvalue weighted by Gasteiger charge is -2.38. The quantitative estimate of drug-likeness (QED) is 0.398. The van der Waals surface area contributed by atoms with Crippen molar-refractivity contribution in [1.82, 2.24) is 10.3 Å². The summed E-state index contributed by atoms with van der Waals surface area (Å²) in [5.41, 5.74) is 2.17. The van der Waals surface area contributed by atoms with Crippen LogP contribution in [0.2, 0.25) is 0 Å². The fourth-order valence-electron chi connectivity index (χ4n) is 2.22. The molecule has 1 fully saturated rings. The van der Waals surface area contributed by atoms with Gasteiger partial charge in [-0.25, -0.2) is 5.84 Å². The second-order valence-electron chi connectivity index (χ2n) is 4.18. The highest BCUT2D eigenvalue weighted by atomic mass is 16.2. The molecule has 1 aliphatic rings. The number of nitrogens with one attached hydrogen (secondary N) is 1. The van der Waals surface area contributed by atoms with Crippen LogP contribution in [0.4, 0.5) is 0 Å². The van der Waals surface area contributed by atoms with Gasteiger partial charge in [-0.2, -0.15) is 0 Å². The molecular formula is C10H21N3O. The minimum atomic E-state index is -0.0741. The number of likely N-dealkylation sites (tertiary alicyclic amines) is 1. The van der Waals surface area contributed by atoms with E-state index >= 15 is 0 Å². The number of piperidine rings is 1. The lowest BCUT2D eigenvalue weighted by molar-refractivity contribution is -0.121. The third kappa shape index (κ3) is 2.96. The first kappa shape index (κ1) is 11.5. The smallest absolute Gasteiger partial charge is 0.235 e. The molecule has 1 aliphatic heterocycles. The van der Waals surface area contributed by atoms with Gasteiger partial charge in [0.2, 0.25) is 5.91 Å². The highest BCUT2D eigenvalue weighted by Crippen LogP contribution is 2.22. The zero-order valence-electron chi connectivity index (χ0n) is 9.12. The number of hydrogen-bond donors (Lipinski definition) is 2. The van der Waals surface area contributed by atoms with Gasteiger partial charge in [0.05, 0.1) is 0 Å². The van der Waals surface area contributed by atoms with E-state index in [0.717, 1.165) is 6.54 Å². The summed E-state index contributed by atoms with van der Waals surface area (Å²) < 4.78 is 0. The van der Waals surface area contributed by atoms with Crippen LogP contribution in [0.15, 0.2) is 0 Å². The maximum atomic E-state index is 11.0. The predicted octanol–water partition coefficient (Wildman–Crippen LogP) is 0.629. The molecule has 0 aromatic heterocycles. The van der Waals surface area contributed by atoms with Crippen molar-refractivity contribution in [2.45, 2.75) is 51.6 Å². The Bertz CT molecular complexity index is 186. The lowest BCUT2D eigenvalue weighted by Crippen LogP contribution is -2.45. The summed E-state index contributed by atoms with van der Waals surface area (Å²) in [7, 11) is 0. The Morgan fingerprint density at radius 2 is 2.00 bits per heavy atom. The number of carbonyl (C=O) groups excluding carboxylic acids is 1. The van der Waals surface area contributed by atoms with Crippen LogP contribution in [-0.4, -0.2) is 29.4 Å². The van der Waals surface area contributed by atoms with E-state index in [1.54, 1.807) is 0 Å². The van der Waals surface area contributed by atoms with Crippen LogP contribution in [0.3, 0.4) is 0 Å². The highest BCUT2D eigenvalue weighted by Gasteiger charge is 2.24. The van der Waals surface area contributed by atoms with Crippen molar-refractivity contribution in [2.75, 3.05) is 6.54 Å². The summed E-state index contributed by atoms with van der Waals surface area (Å²) >= 11 is 0. The molecule has 1 saturated heterocycles. The molecule has 0 aromatic carbocycles. The van der Waals surface area contributed by atoms with Crippen LogP contribution in [0, 0.1) is 0 Å². The maximum Gasteiger partial charge on any atom is 0.235 e. The van der Waals surface area contributed by atoms with Crippen LogP contribution in [-0.2, 0) is 4.79 Å². The highest BCUT2D eigenvalue weighted by molar-refractivity contribution is 5.75. The van der Waals surface area contributed by atoms with Crippen LogP contribution >= 0.6 is 0 Å². The summed E-state index contributed by atoms with van der Waals surface area (Å²) in [6, 6.07) is 1.20. The summed E-state index contributed by atoms with van der Waals surface area (Å²) in [6.45, 7) is 5.29. The van der Waals surface area contributed by atoms with E-state index in [1.807, 2.05) is 0 Å². The van der Waals surface area contributed by atoms with Gasteiger partial charge in [0.1, 0.15) is 0 Å². The number of carbonyl (C=O) groups is 1. The molecule has 14 heavy (non-hydrogen) atoms. The number of amides is 1. The molecule has 1 heterocycles. The second kappa shape index (κ2) is 5.32. The molecule has 0 bridgehead atoms. The largest absolute Gasteiger partial charge is 0.297 e. The molecule has 0 aromatic rings. The summed E-state index contributed by atoms with van der Waals surface area (Å²) in [5, 5.41) is 0. The molecule has 3 N–H and O–H groups in total. The Morgan fingerprint density at radius 3 is 2.50 bits per heavy atom. The molecular weight excluding hydrogens is 178 g/mol. The first-order valence-electron chi connectivity index (χ1n) is 5.40. The van der Waals surface area contributed by atoms with E-state index in [0.29, 0.717) is 18.5 Å². The van der Waals surface area contributed by atoms with E-state index < -0.39 is 0 Å². The Morgan fingerprint density at radius 1 is 1.43 bits per heavy atom.